The Morgan fingerprint density at radius 2 is 1.94 bits per heavy atom. The first kappa shape index (κ1) is 35.3. The number of carbonyl (C=O) groups excluding carboxylic acids is 1. The number of fused-ring (bicyclic) bond motifs is 3. The Morgan fingerprint density at radius 3 is 2.65 bits per heavy atom. The fourth-order valence-electron chi connectivity index (χ4n) is 7.07. The largest absolute Gasteiger partial charge is 0.478 e. The minimum Gasteiger partial charge on any atom is -0.478 e. The summed E-state index contributed by atoms with van der Waals surface area (Å²) >= 11 is 0. The number of aryl methyl sites for hydroxylation is 1. The average molecular weight is 686 g/mol. The van der Waals surface area contributed by atoms with Gasteiger partial charge in [-0.1, -0.05) is 0 Å². The number of hydrogen-bond acceptors (Lipinski definition) is 13. The minimum absolute atomic E-state index is 0.00583. The number of nitrogens with zero attached hydrogens (tertiary/aromatic N) is 1. The fourth-order valence-corrected chi connectivity index (χ4v) is 7.07. The van der Waals surface area contributed by atoms with E-state index in [2.05, 4.69) is 15.6 Å². The zero-order valence-electron chi connectivity index (χ0n) is 27.6. The predicted molar refractivity (Wildman–Crippen MR) is 175 cm³/mol. The second kappa shape index (κ2) is 14.8. The van der Waals surface area contributed by atoms with Crippen LogP contribution < -0.4 is 25.7 Å². The van der Waals surface area contributed by atoms with Crippen molar-refractivity contribution in [3.8, 4) is 5.75 Å². The van der Waals surface area contributed by atoms with Crippen LogP contribution in [0, 0.1) is 12.8 Å². The molecule has 0 bridgehead atoms. The highest BCUT2D eigenvalue weighted by Gasteiger charge is 2.49. The van der Waals surface area contributed by atoms with E-state index in [0.29, 0.717) is 79.0 Å². The van der Waals surface area contributed by atoms with Gasteiger partial charge >= 0.3 is 0 Å². The fraction of sp³-hybridized carbons (Fsp3) is 0.559. The van der Waals surface area contributed by atoms with Gasteiger partial charge < -0.3 is 45.3 Å². The summed E-state index contributed by atoms with van der Waals surface area (Å²) in [6.45, 7) is 1.99. The molecule has 1 fully saturated rings. The molecule has 15 heteroatoms. The molecule has 1 aromatic carbocycles. The van der Waals surface area contributed by atoms with Crippen LogP contribution in [0.15, 0.2) is 49.9 Å². The maximum absolute atomic E-state index is 13.3. The normalized spacial score (nSPS) is 26.8. The molecule has 4 aliphatic rings. The number of aliphatic hydroxyl groups is 5. The van der Waals surface area contributed by atoms with Crippen molar-refractivity contribution in [2.24, 2.45) is 10.9 Å². The van der Waals surface area contributed by atoms with Gasteiger partial charge in [0.15, 0.2) is 11.2 Å². The first-order chi connectivity index (χ1) is 23.5. The summed E-state index contributed by atoms with van der Waals surface area (Å²) in [5.74, 6) is 1.10. The first-order valence-electron chi connectivity index (χ1n) is 16.7. The van der Waals surface area contributed by atoms with Crippen LogP contribution in [0.4, 0.5) is 5.69 Å². The van der Waals surface area contributed by atoms with E-state index in [1.165, 1.54) is 6.07 Å². The number of hydrogen-bond donors (Lipinski definition) is 8. The molecule has 8 N–H and O–H groups in total. The number of benzene rings is 1. The quantitative estimate of drug-likeness (QED) is 0.0789. The standard InChI is InChI=1S/C34H44N4O11/c1-18-9-24(40)22-11-21-12-27(49-46-17-26(42)31(45)30(44)25(41)16-39)34(6-8-35-2,5-3-19-10-28(43)37-13-19)48-32(21)29(33(22)47-18)38-14-20-4-7-36-23(20)15-38/h4,7,9,11,15,19,25-27,30-31,35,39,41-42,44-45H,3,5-6,8,10,12-14,16-17H2,1-2H3,(H,37,43)/p+1/t19-,25+,26-,27+,30+,31+,34-/m0/s1. The molecule has 0 radical (unpaired) electrons. The highest BCUT2D eigenvalue weighted by molar-refractivity contribution is 5.90. The van der Waals surface area contributed by atoms with Crippen LogP contribution >= 0.6 is 0 Å². The number of allylic oxidation sites excluding steroid dienone is 1. The summed E-state index contributed by atoms with van der Waals surface area (Å²) in [5, 5.41) is 56.2. The van der Waals surface area contributed by atoms with Gasteiger partial charge in [0, 0.05) is 49.2 Å². The van der Waals surface area contributed by atoms with Crippen molar-refractivity contribution in [1.29, 1.82) is 0 Å². The van der Waals surface area contributed by atoms with Crippen LogP contribution in [-0.4, -0.2) is 114 Å². The Kier molecular flexibility index (Phi) is 10.6. The van der Waals surface area contributed by atoms with Crippen LogP contribution in [0.3, 0.4) is 0 Å². The van der Waals surface area contributed by atoms with Gasteiger partial charge in [0.05, 0.1) is 12.0 Å². The Hall–Kier alpha value is -3.51. The van der Waals surface area contributed by atoms with E-state index in [1.54, 1.807) is 19.2 Å². The van der Waals surface area contributed by atoms with Crippen molar-refractivity contribution in [3.05, 3.63) is 57.2 Å². The lowest BCUT2D eigenvalue weighted by atomic mass is 9.79. The van der Waals surface area contributed by atoms with Crippen LogP contribution in [-0.2, 0) is 21.0 Å². The van der Waals surface area contributed by atoms with Crippen LogP contribution in [0.5, 0.6) is 5.75 Å². The molecule has 1 saturated heterocycles. The Bertz CT molecular complexity index is 1710. The summed E-state index contributed by atoms with van der Waals surface area (Å²) < 4.78 is 13.4. The van der Waals surface area contributed by atoms with Crippen molar-refractivity contribution in [2.45, 2.75) is 75.1 Å². The molecule has 1 unspecified atom stereocenters. The monoisotopic (exact) mass is 685 g/mol. The van der Waals surface area contributed by atoms with Gasteiger partial charge in [-0.15, -0.1) is 0 Å². The topological polar surface area (TPSA) is 217 Å². The highest BCUT2D eigenvalue weighted by Crippen LogP contribution is 2.46. The summed E-state index contributed by atoms with van der Waals surface area (Å²) in [6, 6.07) is 3.20. The summed E-state index contributed by atoms with van der Waals surface area (Å²) in [7, 11) is 1.82. The number of carbonyl (C=O) groups is 1. The summed E-state index contributed by atoms with van der Waals surface area (Å²) in [4.78, 5) is 42.3. The number of aliphatic imine (C=N–C) groups is 1. The SMILES string of the molecule is CNCC[C@]1(CC[C@@H]2CNC(=O)C2)Oc2c(cc3c(=O)cc(C)oc3c2[NH+]2C=C3N=CC=C3C2)C[C@H]1OOC[C@H](O)[C@@H](O)[C@H](O)[C@H](O)CO. The molecule has 49 heavy (non-hydrogen) atoms. The molecular weight excluding hydrogens is 640 g/mol. The number of aliphatic hydroxyl groups excluding tert-OH is 5. The van der Waals surface area contributed by atoms with Gasteiger partial charge in [-0.25, -0.2) is 9.78 Å². The molecular formula is C34H45N4O11+. The van der Waals surface area contributed by atoms with Crippen LogP contribution in [0.25, 0.3) is 11.0 Å². The summed E-state index contributed by atoms with van der Waals surface area (Å²) in [6.07, 6.45) is 0.139. The van der Waals surface area contributed by atoms with E-state index in [-0.39, 0.29) is 23.7 Å². The van der Waals surface area contributed by atoms with E-state index in [9.17, 15) is 30.0 Å². The van der Waals surface area contributed by atoms with Crippen molar-refractivity contribution in [2.75, 3.05) is 39.9 Å². The second-order valence-corrected chi connectivity index (χ2v) is 13.3. The third kappa shape index (κ3) is 7.22. The predicted octanol–water partition coefficient (Wildman–Crippen LogP) is -1.56. The maximum Gasteiger partial charge on any atom is 0.222 e. The van der Waals surface area contributed by atoms with Crippen molar-refractivity contribution in [3.63, 3.8) is 0 Å². The molecule has 0 saturated carbocycles. The van der Waals surface area contributed by atoms with Crippen LogP contribution in [0.1, 0.15) is 37.0 Å². The van der Waals surface area contributed by atoms with Crippen molar-refractivity contribution >= 4 is 28.8 Å². The van der Waals surface area contributed by atoms with E-state index in [1.807, 2.05) is 19.3 Å². The molecule has 266 valence electrons. The molecule has 0 aliphatic carbocycles. The Morgan fingerprint density at radius 1 is 1.14 bits per heavy atom. The number of rotatable bonds is 15. The minimum atomic E-state index is -1.83. The molecule has 4 aliphatic heterocycles. The third-order valence-corrected chi connectivity index (χ3v) is 9.88. The molecule has 6 rings (SSSR count). The highest BCUT2D eigenvalue weighted by atomic mass is 17.2. The van der Waals surface area contributed by atoms with Gasteiger partial charge in [0.25, 0.3) is 0 Å². The molecule has 8 atom stereocenters. The van der Waals surface area contributed by atoms with E-state index in [4.69, 9.17) is 24.0 Å². The lowest BCUT2D eigenvalue weighted by molar-refractivity contribution is -0.763. The number of nitrogens with one attached hydrogen (secondary N) is 3. The van der Waals surface area contributed by atoms with Gasteiger partial charge in [0.1, 0.15) is 66.9 Å². The second-order valence-electron chi connectivity index (χ2n) is 13.3. The summed E-state index contributed by atoms with van der Waals surface area (Å²) in [5.41, 5.74) is 2.46. The van der Waals surface area contributed by atoms with Gasteiger partial charge in [0.2, 0.25) is 17.2 Å². The molecule has 15 nitrogen and oxygen atoms in total. The third-order valence-electron chi connectivity index (χ3n) is 9.88. The van der Waals surface area contributed by atoms with E-state index < -0.39 is 49.3 Å². The van der Waals surface area contributed by atoms with Crippen molar-refractivity contribution < 1.29 is 54.2 Å². The molecule has 1 aromatic heterocycles. The van der Waals surface area contributed by atoms with E-state index in [0.717, 1.165) is 16.2 Å². The van der Waals surface area contributed by atoms with Gasteiger partial charge in [-0.2, -0.15) is 0 Å². The lowest BCUT2D eigenvalue weighted by Gasteiger charge is -2.44. The van der Waals surface area contributed by atoms with Crippen LogP contribution in [0.2, 0.25) is 0 Å². The lowest BCUT2D eigenvalue weighted by Crippen LogP contribution is -3.01. The number of ether oxygens (including phenoxy) is 1. The maximum atomic E-state index is 13.3. The Balaban J connectivity index is 1.38. The molecule has 2 aromatic rings. The smallest absolute Gasteiger partial charge is 0.222 e. The average Bonchev–Trinajstić information content (AvgIpc) is 3.81. The van der Waals surface area contributed by atoms with E-state index >= 15 is 0 Å². The zero-order chi connectivity index (χ0) is 34.9. The first-order valence-corrected chi connectivity index (χ1v) is 16.7. The zero-order valence-corrected chi connectivity index (χ0v) is 27.6. The molecule has 0 spiro atoms. The van der Waals surface area contributed by atoms with Gasteiger partial charge in [-0.05, 0) is 51.4 Å². The van der Waals surface area contributed by atoms with Crippen molar-refractivity contribution in [1.82, 2.24) is 10.6 Å². The molecule has 1 amide bonds. The Labute approximate surface area is 282 Å². The molecule has 5 heterocycles. The number of amides is 1. The van der Waals surface area contributed by atoms with Gasteiger partial charge in [-0.3, -0.25) is 19.5 Å². The number of quaternary nitrogens is 1.